The predicted molar refractivity (Wildman–Crippen MR) is 59.2 cm³/mol. The van der Waals surface area contributed by atoms with Crippen molar-refractivity contribution in [3.63, 3.8) is 0 Å². The van der Waals surface area contributed by atoms with Gasteiger partial charge in [-0.1, -0.05) is 11.6 Å². The lowest BCUT2D eigenvalue weighted by molar-refractivity contribution is 0.0997. The zero-order chi connectivity index (χ0) is 10.0. The van der Waals surface area contributed by atoms with Gasteiger partial charge in [0.25, 0.3) is 5.91 Å². The number of carbonyl (C=O) groups excluding carboxylic acids is 1. The third kappa shape index (κ3) is 2.25. The fraction of sp³-hybridized carbons (Fsp3) is 0.125. The maximum Gasteiger partial charge on any atom is 0.253 e. The maximum atomic E-state index is 11.0. The summed E-state index contributed by atoms with van der Waals surface area (Å²) in [6.07, 6.45) is 0. The van der Waals surface area contributed by atoms with Crippen LogP contribution in [-0.2, 0) is 0 Å². The predicted octanol–water partition coefficient (Wildman–Crippen LogP) is 2.05. The van der Waals surface area contributed by atoms with Crippen LogP contribution < -0.4 is 10.5 Å². The molecule has 1 aromatic rings. The Bertz CT molecular complexity index is 354. The number of methoxy groups -OCH3 is 1. The minimum atomic E-state index is -0.585. The molecular formula is C8H7ClINO2. The van der Waals surface area contributed by atoms with Gasteiger partial charge in [0.2, 0.25) is 0 Å². The Hall–Kier alpha value is -0.490. The van der Waals surface area contributed by atoms with Gasteiger partial charge >= 0.3 is 0 Å². The van der Waals surface area contributed by atoms with Gasteiger partial charge in [-0.05, 0) is 34.7 Å². The summed E-state index contributed by atoms with van der Waals surface area (Å²) in [6.45, 7) is 0. The normalized spacial score (nSPS) is 9.77. The summed E-state index contributed by atoms with van der Waals surface area (Å²) in [5, 5.41) is 0.316. The fourth-order valence-electron chi connectivity index (χ4n) is 0.950. The molecule has 70 valence electrons. The second-order valence-corrected chi connectivity index (χ2v) is 3.98. The number of amides is 1. The molecule has 0 saturated heterocycles. The molecule has 3 nitrogen and oxygen atoms in total. The van der Waals surface area contributed by atoms with E-state index in [1.807, 2.05) is 0 Å². The molecule has 13 heavy (non-hydrogen) atoms. The zero-order valence-corrected chi connectivity index (χ0v) is 9.72. The number of primary amides is 1. The monoisotopic (exact) mass is 311 g/mol. The van der Waals surface area contributed by atoms with Crippen molar-refractivity contribution in [2.45, 2.75) is 0 Å². The van der Waals surface area contributed by atoms with E-state index in [1.165, 1.54) is 7.11 Å². The van der Waals surface area contributed by atoms with E-state index in [-0.39, 0.29) is 5.56 Å². The number of nitrogens with two attached hydrogens (primary N) is 1. The van der Waals surface area contributed by atoms with Crippen molar-refractivity contribution in [2.24, 2.45) is 5.73 Å². The van der Waals surface area contributed by atoms with Gasteiger partial charge in [0.15, 0.2) is 0 Å². The Morgan fingerprint density at radius 1 is 1.62 bits per heavy atom. The highest BCUT2D eigenvalue weighted by molar-refractivity contribution is 14.1. The first-order valence-electron chi connectivity index (χ1n) is 3.39. The van der Waals surface area contributed by atoms with E-state index in [9.17, 15) is 4.79 Å². The van der Waals surface area contributed by atoms with E-state index in [0.717, 1.165) is 3.57 Å². The number of ether oxygens (including phenoxy) is 1. The van der Waals surface area contributed by atoms with Crippen LogP contribution in [0.25, 0.3) is 0 Å². The highest BCUT2D eigenvalue weighted by Gasteiger charge is 2.14. The zero-order valence-electron chi connectivity index (χ0n) is 6.80. The van der Waals surface area contributed by atoms with Crippen LogP contribution in [0.1, 0.15) is 10.4 Å². The van der Waals surface area contributed by atoms with E-state index in [2.05, 4.69) is 22.6 Å². The molecule has 0 fully saturated rings. The maximum absolute atomic E-state index is 11.0. The molecule has 0 aliphatic heterocycles. The first kappa shape index (κ1) is 10.6. The van der Waals surface area contributed by atoms with Gasteiger partial charge in [-0.3, -0.25) is 4.79 Å². The second kappa shape index (κ2) is 4.15. The number of rotatable bonds is 2. The van der Waals surface area contributed by atoms with Crippen LogP contribution in [0.5, 0.6) is 5.75 Å². The van der Waals surface area contributed by atoms with Crippen molar-refractivity contribution in [3.8, 4) is 5.75 Å². The Balaban J connectivity index is 3.38. The minimum absolute atomic E-state index is 0.226. The molecule has 5 heteroatoms. The Morgan fingerprint density at radius 3 is 2.69 bits per heavy atom. The molecule has 0 heterocycles. The third-order valence-corrected chi connectivity index (χ3v) is 2.41. The van der Waals surface area contributed by atoms with Crippen LogP contribution in [0.15, 0.2) is 12.1 Å². The van der Waals surface area contributed by atoms with Crippen LogP contribution in [0.4, 0.5) is 0 Å². The average molecular weight is 312 g/mol. The van der Waals surface area contributed by atoms with E-state index in [1.54, 1.807) is 12.1 Å². The summed E-state index contributed by atoms with van der Waals surface area (Å²) >= 11 is 7.90. The summed E-state index contributed by atoms with van der Waals surface area (Å²) in [5.41, 5.74) is 5.36. The lowest BCUT2D eigenvalue weighted by atomic mass is 10.2. The summed E-state index contributed by atoms with van der Waals surface area (Å²) in [7, 11) is 1.47. The smallest absolute Gasteiger partial charge is 0.253 e. The van der Waals surface area contributed by atoms with Crippen molar-refractivity contribution in [1.82, 2.24) is 0 Å². The van der Waals surface area contributed by atoms with Crippen molar-refractivity contribution < 1.29 is 9.53 Å². The quantitative estimate of drug-likeness (QED) is 0.850. The number of hydrogen-bond donors (Lipinski definition) is 1. The van der Waals surface area contributed by atoms with Gasteiger partial charge in [0.1, 0.15) is 5.75 Å². The third-order valence-electron chi connectivity index (χ3n) is 1.49. The summed E-state index contributed by atoms with van der Waals surface area (Å²) < 4.78 is 5.87. The van der Waals surface area contributed by atoms with Crippen LogP contribution in [-0.4, -0.2) is 13.0 Å². The van der Waals surface area contributed by atoms with E-state index in [0.29, 0.717) is 10.8 Å². The summed E-state index contributed by atoms with van der Waals surface area (Å²) in [6, 6.07) is 3.36. The molecule has 1 rings (SSSR count). The molecular weight excluding hydrogens is 304 g/mol. The number of hydrogen-bond acceptors (Lipinski definition) is 2. The van der Waals surface area contributed by atoms with Gasteiger partial charge in [-0.25, -0.2) is 0 Å². The molecule has 0 aromatic heterocycles. The first-order chi connectivity index (χ1) is 6.06. The molecule has 0 saturated carbocycles. The van der Waals surface area contributed by atoms with Crippen molar-refractivity contribution in [1.29, 1.82) is 0 Å². The SMILES string of the molecule is COc1cc(I)cc(Cl)c1C(N)=O. The van der Waals surface area contributed by atoms with E-state index < -0.39 is 5.91 Å². The second-order valence-electron chi connectivity index (χ2n) is 2.33. The van der Waals surface area contributed by atoms with Crippen LogP contribution in [0.3, 0.4) is 0 Å². The van der Waals surface area contributed by atoms with E-state index in [4.69, 9.17) is 22.1 Å². The van der Waals surface area contributed by atoms with Crippen LogP contribution in [0.2, 0.25) is 5.02 Å². The first-order valence-corrected chi connectivity index (χ1v) is 4.84. The molecule has 0 bridgehead atoms. The highest BCUT2D eigenvalue weighted by Crippen LogP contribution is 2.28. The van der Waals surface area contributed by atoms with Gasteiger partial charge in [-0.15, -0.1) is 0 Å². The molecule has 0 aliphatic rings. The number of halogens is 2. The molecule has 0 atom stereocenters. The van der Waals surface area contributed by atoms with Gasteiger partial charge in [0, 0.05) is 3.57 Å². The molecule has 1 amide bonds. The fourth-order valence-corrected chi connectivity index (χ4v) is 2.03. The Labute approximate surface area is 94.3 Å². The number of benzene rings is 1. The molecule has 0 radical (unpaired) electrons. The largest absolute Gasteiger partial charge is 0.496 e. The van der Waals surface area contributed by atoms with Crippen molar-refractivity contribution >= 4 is 40.1 Å². The van der Waals surface area contributed by atoms with E-state index >= 15 is 0 Å². The van der Waals surface area contributed by atoms with Crippen molar-refractivity contribution in [3.05, 3.63) is 26.3 Å². The Morgan fingerprint density at radius 2 is 2.23 bits per heavy atom. The molecule has 2 N–H and O–H groups in total. The van der Waals surface area contributed by atoms with Gasteiger partial charge < -0.3 is 10.5 Å². The van der Waals surface area contributed by atoms with Gasteiger partial charge in [-0.2, -0.15) is 0 Å². The lowest BCUT2D eigenvalue weighted by Gasteiger charge is -2.07. The average Bonchev–Trinajstić information content (AvgIpc) is 2.01. The topological polar surface area (TPSA) is 52.3 Å². The minimum Gasteiger partial charge on any atom is -0.496 e. The van der Waals surface area contributed by atoms with Gasteiger partial charge in [0.05, 0.1) is 17.7 Å². The lowest BCUT2D eigenvalue weighted by Crippen LogP contribution is -2.13. The highest BCUT2D eigenvalue weighted by atomic mass is 127. The van der Waals surface area contributed by atoms with Crippen LogP contribution in [0, 0.1) is 3.57 Å². The number of carbonyl (C=O) groups is 1. The summed E-state index contributed by atoms with van der Waals surface area (Å²) in [4.78, 5) is 11.0. The standard InChI is InChI=1S/C8H7ClINO2/c1-13-6-3-4(10)2-5(9)7(6)8(11)12/h2-3H,1H3,(H2,11,12). The molecule has 0 unspecified atom stereocenters. The molecule has 0 aliphatic carbocycles. The van der Waals surface area contributed by atoms with Crippen molar-refractivity contribution in [2.75, 3.05) is 7.11 Å². The van der Waals surface area contributed by atoms with Crippen LogP contribution >= 0.6 is 34.2 Å². The Kier molecular flexibility index (Phi) is 3.38. The summed E-state index contributed by atoms with van der Waals surface area (Å²) in [5.74, 6) is -0.178. The molecule has 0 spiro atoms. The molecule has 1 aromatic carbocycles.